The van der Waals surface area contributed by atoms with Crippen LogP contribution in [0.5, 0.6) is 0 Å². The second-order valence-electron chi connectivity index (χ2n) is 3.55. The van der Waals surface area contributed by atoms with Gasteiger partial charge in [-0.3, -0.25) is 0 Å². The smallest absolute Gasteiger partial charge is 0.347 e. The van der Waals surface area contributed by atoms with Crippen LogP contribution in [0.4, 0.5) is 0 Å². The Morgan fingerprint density at radius 3 is 2.56 bits per heavy atom. The summed E-state index contributed by atoms with van der Waals surface area (Å²) >= 11 is 1.22. The molecule has 0 saturated heterocycles. The van der Waals surface area contributed by atoms with Crippen LogP contribution in [-0.2, 0) is 0 Å². The van der Waals surface area contributed by atoms with Crippen molar-refractivity contribution in [3.63, 3.8) is 0 Å². The van der Waals surface area contributed by atoms with Crippen LogP contribution in [0.1, 0.15) is 20.9 Å². The van der Waals surface area contributed by atoms with Gasteiger partial charge in [0.1, 0.15) is 9.88 Å². The third-order valence-corrected chi connectivity index (χ3v) is 3.55. The summed E-state index contributed by atoms with van der Waals surface area (Å²) in [6, 6.07) is 7.84. The van der Waals surface area contributed by atoms with Gasteiger partial charge in [-0.25, -0.2) is 9.78 Å². The minimum Gasteiger partial charge on any atom is -0.477 e. The number of carboxylic acids is 1. The minimum atomic E-state index is -0.908. The Bertz CT molecular complexity index is 546. The molecule has 0 spiro atoms. The molecule has 0 atom stereocenters. The standard InChI is InChI=1S/C12H11NO2S/c1-7-5-3-4-6-9(7)11-13-8(2)10(16-11)12(14)15/h3-6H,1-2H3,(H,14,15). The van der Waals surface area contributed by atoms with Gasteiger partial charge in [0.25, 0.3) is 0 Å². The molecule has 3 nitrogen and oxygen atoms in total. The number of benzene rings is 1. The molecule has 0 aliphatic carbocycles. The van der Waals surface area contributed by atoms with Crippen molar-refractivity contribution in [2.75, 3.05) is 0 Å². The number of hydrogen-bond donors (Lipinski definition) is 1. The van der Waals surface area contributed by atoms with Crippen molar-refractivity contribution in [3.8, 4) is 10.6 Å². The first kappa shape index (κ1) is 10.8. The van der Waals surface area contributed by atoms with Gasteiger partial charge in [0, 0.05) is 5.56 Å². The topological polar surface area (TPSA) is 50.2 Å². The maximum absolute atomic E-state index is 10.9. The molecule has 1 N–H and O–H groups in total. The van der Waals surface area contributed by atoms with Crippen LogP contribution in [0.3, 0.4) is 0 Å². The third kappa shape index (κ3) is 1.84. The Labute approximate surface area is 97.4 Å². The van der Waals surface area contributed by atoms with Crippen LogP contribution < -0.4 is 0 Å². The summed E-state index contributed by atoms with van der Waals surface area (Å²) in [5.41, 5.74) is 2.69. The van der Waals surface area contributed by atoms with Crippen LogP contribution in [0, 0.1) is 13.8 Å². The highest BCUT2D eigenvalue weighted by Crippen LogP contribution is 2.29. The highest BCUT2D eigenvalue weighted by molar-refractivity contribution is 7.17. The molecule has 0 aliphatic rings. The molecular formula is C12H11NO2S. The quantitative estimate of drug-likeness (QED) is 0.867. The summed E-state index contributed by atoms with van der Waals surface area (Å²) in [5.74, 6) is -0.908. The number of carboxylic acid groups (broad SMARTS) is 1. The molecule has 1 aromatic heterocycles. The SMILES string of the molecule is Cc1ccccc1-c1nc(C)c(C(=O)O)s1. The van der Waals surface area contributed by atoms with E-state index in [1.54, 1.807) is 6.92 Å². The maximum Gasteiger partial charge on any atom is 0.347 e. The molecule has 0 radical (unpaired) electrons. The van der Waals surface area contributed by atoms with Crippen molar-refractivity contribution in [1.82, 2.24) is 4.98 Å². The third-order valence-electron chi connectivity index (χ3n) is 2.37. The average molecular weight is 233 g/mol. The number of carbonyl (C=O) groups is 1. The summed E-state index contributed by atoms with van der Waals surface area (Å²) in [6.45, 7) is 3.72. The van der Waals surface area contributed by atoms with Crippen molar-refractivity contribution in [2.45, 2.75) is 13.8 Å². The van der Waals surface area contributed by atoms with Gasteiger partial charge in [-0.2, -0.15) is 0 Å². The zero-order valence-corrected chi connectivity index (χ0v) is 9.84. The van der Waals surface area contributed by atoms with E-state index in [1.807, 2.05) is 31.2 Å². The maximum atomic E-state index is 10.9. The first-order valence-corrected chi connectivity index (χ1v) is 5.68. The fraction of sp³-hybridized carbons (Fsp3) is 0.167. The van der Waals surface area contributed by atoms with Gasteiger partial charge in [0.05, 0.1) is 5.69 Å². The Balaban J connectivity index is 2.54. The second kappa shape index (κ2) is 4.06. The lowest BCUT2D eigenvalue weighted by molar-refractivity contribution is 0.0701. The molecule has 16 heavy (non-hydrogen) atoms. The first-order valence-electron chi connectivity index (χ1n) is 4.86. The molecule has 0 aliphatic heterocycles. The van der Waals surface area contributed by atoms with E-state index < -0.39 is 5.97 Å². The van der Waals surface area contributed by atoms with E-state index in [0.29, 0.717) is 10.6 Å². The van der Waals surface area contributed by atoms with Gasteiger partial charge < -0.3 is 5.11 Å². The van der Waals surface area contributed by atoms with E-state index in [-0.39, 0.29) is 0 Å². The van der Waals surface area contributed by atoms with Crippen LogP contribution in [0.25, 0.3) is 10.6 Å². The minimum absolute atomic E-state index is 0.318. The average Bonchev–Trinajstić information content (AvgIpc) is 2.61. The van der Waals surface area contributed by atoms with Gasteiger partial charge >= 0.3 is 5.97 Å². The van der Waals surface area contributed by atoms with Crippen LogP contribution in [-0.4, -0.2) is 16.1 Å². The number of aryl methyl sites for hydroxylation is 2. The van der Waals surface area contributed by atoms with Crippen molar-refractivity contribution in [2.24, 2.45) is 0 Å². The molecule has 82 valence electrons. The lowest BCUT2D eigenvalue weighted by atomic mass is 10.1. The van der Waals surface area contributed by atoms with Crippen LogP contribution in [0.15, 0.2) is 24.3 Å². The fourth-order valence-corrected chi connectivity index (χ4v) is 2.52. The monoisotopic (exact) mass is 233 g/mol. The molecular weight excluding hydrogens is 222 g/mol. The molecule has 4 heteroatoms. The van der Waals surface area contributed by atoms with Gasteiger partial charge in [-0.05, 0) is 19.4 Å². The first-order chi connectivity index (χ1) is 7.59. The van der Waals surface area contributed by atoms with Gasteiger partial charge in [0.2, 0.25) is 0 Å². The molecule has 1 aromatic carbocycles. The molecule has 0 unspecified atom stereocenters. The van der Waals surface area contributed by atoms with Crippen molar-refractivity contribution >= 4 is 17.3 Å². The molecule has 0 fully saturated rings. The number of thiazole rings is 1. The van der Waals surface area contributed by atoms with Gasteiger partial charge in [0.15, 0.2) is 0 Å². The number of rotatable bonds is 2. The molecule has 1 heterocycles. The van der Waals surface area contributed by atoms with Gasteiger partial charge in [-0.15, -0.1) is 11.3 Å². The van der Waals surface area contributed by atoms with E-state index in [4.69, 9.17) is 5.11 Å². The molecule has 0 bridgehead atoms. The number of aromatic carboxylic acids is 1. The molecule has 0 amide bonds. The Morgan fingerprint density at radius 1 is 1.31 bits per heavy atom. The summed E-state index contributed by atoms with van der Waals surface area (Å²) in [5, 5.41) is 9.74. The van der Waals surface area contributed by atoms with E-state index in [2.05, 4.69) is 4.98 Å². The Morgan fingerprint density at radius 2 is 2.00 bits per heavy atom. The van der Waals surface area contributed by atoms with E-state index in [0.717, 1.165) is 16.1 Å². The molecule has 2 rings (SSSR count). The number of hydrogen-bond acceptors (Lipinski definition) is 3. The lowest BCUT2D eigenvalue weighted by Gasteiger charge is -1.99. The van der Waals surface area contributed by atoms with E-state index >= 15 is 0 Å². The van der Waals surface area contributed by atoms with E-state index in [9.17, 15) is 4.79 Å². The summed E-state index contributed by atoms with van der Waals surface area (Å²) in [7, 11) is 0. The van der Waals surface area contributed by atoms with Crippen LogP contribution in [0.2, 0.25) is 0 Å². The van der Waals surface area contributed by atoms with Crippen molar-refractivity contribution < 1.29 is 9.90 Å². The Kier molecular flexibility index (Phi) is 2.75. The zero-order chi connectivity index (χ0) is 11.7. The largest absolute Gasteiger partial charge is 0.477 e. The number of aromatic nitrogens is 1. The van der Waals surface area contributed by atoms with Crippen LogP contribution >= 0.6 is 11.3 Å². The number of nitrogens with zero attached hydrogens (tertiary/aromatic N) is 1. The summed E-state index contributed by atoms with van der Waals surface area (Å²) < 4.78 is 0. The predicted octanol–water partition coefficient (Wildman–Crippen LogP) is 3.13. The molecule has 2 aromatic rings. The Hall–Kier alpha value is -1.68. The second-order valence-corrected chi connectivity index (χ2v) is 4.55. The lowest BCUT2D eigenvalue weighted by Crippen LogP contribution is -1.94. The highest BCUT2D eigenvalue weighted by atomic mass is 32.1. The zero-order valence-electron chi connectivity index (χ0n) is 9.02. The van der Waals surface area contributed by atoms with Gasteiger partial charge in [-0.1, -0.05) is 24.3 Å². The predicted molar refractivity (Wildman–Crippen MR) is 64.0 cm³/mol. The summed E-state index contributed by atoms with van der Waals surface area (Å²) in [6.07, 6.45) is 0. The normalized spacial score (nSPS) is 10.4. The van der Waals surface area contributed by atoms with Crippen molar-refractivity contribution in [3.05, 3.63) is 40.4 Å². The molecule has 0 saturated carbocycles. The highest BCUT2D eigenvalue weighted by Gasteiger charge is 2.15. The summed E-state index contributed by atoms with van der Waals surface area (Å²) in [4.78, 5) is 15.5. The fourth-order valence-electron chi connectivity index (χ4n) is 1.52. The van der Waals surface area contributed by atoms with Crippen molar-refractivity contribution in [1.29, 1.82) is 0 Å². The van der Waals surface area contributed by atoms with E-state index in [1.165, 1.54) is 11.3 Å².